The van der Waals surface area contributed by atoms with Gasteiger partial charge in [0.2, 0.25) is 11.0 Å². The molecule has 1 aromatic heterocycles. The minimum atomic E-state index is -0.575. The number of carbonyl (C=O) groups excluding carboxylic acids is 2. The molecule has 0 saturated heterocycles. The second-order valence-corrected chi connectivity index (χ2v) is 8.13. The fraction of sp³-hybridized carbons (Fsp3) is 0.158. The molecule has 0 aliphatic heterocycles. The molecule has 2 aromatic carbocycles. The molecule has 2 N–H and O–H groups in total. The molecule has 0 unspecified atom stereocenters. The number of benzene rings is 2. The average molecular weight is 460 g/mol. The van der Waals surface area contributed by atoms with Crippen molar-refractivity contribution in [2.45, 2.75) is 11.3 Å². The van der Waals surface area contributed by atoms with Gasteiger partial charge in [0.15, 0.2) is 4.34 Å². The highest BCUT2D eigenvalue weighted by atomic mass is 32.2. The molecule has 0 aliphatic carbocycles. The van der Waals surface area contributed by atoms with Crippen LogP contribution in [0.15, 0.2) is 52.9 Å². The Morgan fingerprint density at radius 1 is 1.16 bits per heavy atom. The molecule has 0 spiro atoms. The quantitative estimate of drug-likeness (QED) is 0.213. The predicted molar refractivity (Wildman–Crippen MR) is 118 cm³/mol. The molecule has 0 radical (unpaired) electrons. The first kappa shape index (κ1) is 22.2. The molecule has 0 atom stereocenters. The maximum atomic E-state index is 12.3. The van der Waals surface area contributed by atoms with Gasteiger partial charge in [0.1, 0.15) is 5.75 Å². The van der Waals surface area contributed by atoms with E-state index < -0.39 is 10.8 Å². The summed E-state index contributed by atoms with van der Waals surface area (Å²) in [7, 11) is 0. The molecule has 0 fully saturated rings. The van der Waals surface area contributed by atoms with Crippen LogP contribution >= 0.6 is 23.1 Å². The fourth-order valence-corrected chi connectivity index (χ4v) is 3.92. The molecular formula is C19H17N5O5S2. The number of rotatable bonds is 9. The number of anilines is 2. The third-order valence-electron chi connectivity index (χ3n) is 3.72. The van der Waals surface area contributed by atoms with E-state index in [2.05, 4.69) is 20.8 Å². The van der Waals surface area contributed by atoms with Gasteiger partial charge in [-0.25, -0.2) is 0 Å². The Labute approximate surface area is 185 Å². The van der Waals surface area contributed by atoms with Crippen molar-refractivity contribution in [2.75, 3.05) is 23.0 Å². The van der Waals surface area contributed by atoms with Gasteiger partial charge in [0.25, 0.3) is 11.6 Å². The van der Waals surface area contributed by atoms with Crippen LogP contribution in [0.1, 0.15) is 17.3 Å². The molecule has 1 heterocycles. The average Bonchev–Trinajstić information content (AvgIpc) is 3.21. The summed E-state index contributed by atoms with van der Waals surface area (Å²) in [4.78, 5) is 34.6. The number of hydrogen-bond acceptors (Lipinski definition) is 9. The molecule has 160 valence electrons. The molecule has 10 nitrogen and oxygen atoms in total. The Hall–Kier alpha value is -3.51. The summed E-state index contributed by atoms with van der Waals surface area (Å²) < 4.78 is 5.85. The van der Waals surface area contributed by atoms with Gasteiger partial charge in [-0.2, -0.15) is 0 Å². The van der Waals surface area contributed by atoms with Crippen molar-refractivity contribution in [3.8, 4) is 5.75 Å². The highest BCUT2D eigenvalue weighted by Gasteiger charge is 2.14. The van der Waals surface area contributed by atoms with E-state index in [1.165, 1.54) is 36.0 Å². The second-order valence-electron chi connectivity index (χ2n) is 5.93. The lowest BCUT2D eigenvalue weighted by molar-refractivity contribution is -0.384. The highest BCUT2D eigenvalue weighted by molar-refractivity contribution is 8.01. The molecule has 0 bridgehead atoms. The monoisotopic (exact) mass is 459 g/mol. The van der Waals surface area contributed by atoms with Crippen LogP contribution in [0.25, 0.3) is 0 Å². The fourth-order valence-electron chi connectivity index (χ4n) is 2.37. The van der Waals surface area contributed by atoms with Crippen LogP contribution < -0.4 is 15.4 Å². The molecule has 0 aliphatic rings. The number of nitrogens with zero attached hydrogens (tertiary/aromatic N) is 3. The van der Waals surface area contributed by atoms with Crippen LogP contribution in [0.2, 0.25) is 0 Å². The topological polar surface area (TPSA) is 136 Å². The first-order valence-electron chi connectivity index (χ1n) is 8.99. The molecule has 31 heavy (non-hydrogen) atoms. The van der Waals surface area contributed by atoms with E-state index in [-0.39, 0.29) is 28.0 Å². The Bertz CT molecular complexity index is 1090. The van der Waals surface area contributed by atoms with E-state index in [4.69, 9.17) is 4.74 Å². The third kappa shape index (κ3) is 6.49. The molecule has 0 saturated carbocycles. The van der Waals surface area contributed by atoms with Gasteiger partial charge in [-0.15, -0.1) is 10.2 Å². The SMILES string of the molecule is CCOc1ccc(NC(=O)CSc2nnc(NC(=O)c3cccc([N+](=O)[O-])c3)s2)cc1. The van der Waals surface area contributed by atoms with Crippen LogP contribution in [0.4, 0.5) is 16.5 Å². The second kappa shape index (κ2) is 10.5. The minimum absolute atomic E-state index is 0.112. The van der Waals surface area contributed by atoms with E-state index in [0.717, 1.165) is 17.1 Å². The minimum Gasteiger partial charge on any atom is -0.494 e. The third-order valence-corrected chi connectivity index (χ3v) is 5.69. The van der Waals surface area contributed by atoms with E-state index in [0.29, 0.717) is 16.6 Å². The molecule has 12 heteroatoms. The molecule has 3 rings (SSSR count). The largest absolute Gasteiger partial charge is 0.494 e. The number of aromatic nitrogens is 2. The number of hydrogen-bond donors (Lipinski definition) is 2. The summed E-state index contributed by atoms with van der Waals surface area (Å²) in [6.45, 7) is 2.46. The zero-order valence-electron chi connectivity index (χ0n) is 16.2. The predicted octanol–water partition coefficient (Wildman–Crippen LogP) is 3.83. The number of nitrogens with one attached hydrogen (secondary N) is 2. The number of amides is 2. The van der Waals surface area contributed by atoms with E-state index in [1.54, 1.807) is 24.3 Å². The van der Waals surface area contributed by atoms with Gasteiger partial charge in [-0.1, -0.05) is 29.2 Å². The van der Waals surface area contributed by atoms with Crippen molar-refractivity contribution in [1.29, 1.82) is 0 Å². The lowest BCUT2D eigenvalue weighted by Crippen LogP contribution is -2.13. The summed E-state index contributed by atoms with van der Waals surface area (Å²) in [6.07, 6.45) is 0. The van der Waals surface area contributed by atoms with Crippen molar-refractivity contribution in [2.24, 2.45) is 0 Å². The first-order chi connectivity index (χ1) is 14.9. The van der Waals surface area contributed by atoms with Crippen molar-refractivity contribution in [3.63, 3.8) is 0 Å². The number of nitro groups is 1. The Kier molecular flexibility index (Phi) is 7.51. The standard InChI is InChI=1S/C19H17N5O5S2/c1-2-29-15-8-6-13(7-9-15)20-16(25)11-30-19-23-22-18(31-19)21-17(26)12-4-3-5-14(10-12)24(27)28/h3-10H,2,11H2,1H3,(H,20,25)(H,21,22,26). The summed E-state index contributed by atoms with van der Waals surface area (Å²) >= 11 is 2.28. The van der Waals surface area contributed by atoms with Crippen LogP contribution in [0, 0.1) is 10.1 Å². The Morgan fingerprint density at radius 3 is 2.65 bits per heavy atom. The van der Waals surface area contributed by atoms with E-state index >= 15 is 0 Å². The van der Waals surface area contributed by atoms with Gasteiger partial charge >= 0.3 is 0 Å². The summed E-state index contributed by atoms with van der Waals surface area (Å²) in [5.74, 6) is 0.0836. The van der Waals surface area contributed by atoms with Gasteiger partial charge in [0.05, 0.1) is 17.3 Å². The number of non-ortho nitro benzene ring substituents is 1. The lowest BCUT2D eigenvalue weighted by Gasteiger charge is -2.06. The Morgan fingerprint density at radius 2 is 1.94 bits per heavy atom. The van der Waals surface area contributed by atoms with Gasteiger partial charge in [-0.05, 0) is 37.3 Å². The zero-order chi connectivity index (χ0) is 22.2. The Balaban J connectivity index is 1.50. The summed E-state index contributed by atoms with van der Waals surface area (Å²) in [5.41, 5.74) is 0.601. The van der Waals surface area contributed by atoms with E-state index in [1.807, 2.05) is 6.92 Å². The van der Waals surface area contributed by atoms with Crippen molar-refractivity contribution < 1.29 is 19.2 Å². The number of ether oxygens (including phenoxy) is 1. The van der Waals surface area contributed by atoms with Crippen molar-refractivity contribution in [3.05, 3.63) is 64.2 Å². The van der Waals surface area contributed by atoms with E-state index in [9.17, 15) is 19.7 Å². The summed E-state index contributed by atoms with van der Waals surface area (Å²) in [5, 5.41) is 24.2. The molecular weight excluding hydrogens is 442 g/mol. The lowest BCUT2D eigenvalue weighted by atomic mass is 10.2. The van der Waals surface area contributed by atoms with Crippen LogP contribution in [-0.2, 0) is 4.79 Å². The van der Waals surface area contributed by atoms with Crippen LogP contribution in [0.3, 0.4) is 0 Å². The number of thioether (sulfide) groups is 1. The molecule has 3 aromatic rings. The zero-order valence-corrected chi connectivity index (χ0v) is 17.9. The van der Waals surface area contributed by atoms with Gasteiger partial charge < -0.3 is 10.1 Å². The smallest absolute Gasteiger partial charge is 0.270 e. The number of nitro benzene ring substituents is 1. The first-order valence-corrected chi connectivity index (χ1v) is 10.8. The molecule has 2 amide bonds. The van der Waals surface area contributed by atoms with Crippen molar-refractivity contribution >= 4 is 51.4 Å². The number of carbonyl (C=O) groups is 2. The van der Waals surface area contributed by atoms with Crippen molar-refractivity contribution in [1.82, 2.24) is 10.2 Å². The summed E-state index contributed by atoms with van der Waals surface area (Å²) in [6, 6.07) is 12.4. The van der Waals surface area contributed by atoms with Gasteiger partial charge in [0, 0.05) is 23.4 Å². The maximum Gasteiger partial charge on any atom is 0.270 e. The van der Waals surface area contributed by atoms with Crippen LogP contribution in [0.5, 0.6) is 5.75 Å². The normalized spacial score (nSPS) is 10.4. The highest BCUT2D eigenvalue weighted by Crippen LogP contribution is 2.26. The van der Waals surface area contributed by atoms with Crippen LogP contribution in [-0.4, -0.2) is 39.3 Å². The maximum absolute atomic E-state index is 12.3. The van der Waals surface area contributed by atoms with Gasteiger partial charge in [-0.3, -0.25) is 25.0 Å².